The summed E-state index contributed by atoms with van der Waals surface area (Å²) in [6.07, 6.45) is 2.16. The van der Waals surface area contributed by atoms with Crippen LogP contribution in [0.2, 0.25) is 0 Å². The molecule has 2 unspecified atom stereocenters. The van der Waals surface area contributed by atoms with Crippen LogP contribution in [0.25, 0.3) is 11.1 Å². The van der Waals surface area contributed by atoms with Crippen LogP contribution in [0.4, 0.5) is 0 Å². The maximum atomic E-state index is 2.32. The quantitative estimate of drug-likeness (QED) is 0.451. The standard InChI is InChI=1S/C32H38/c1-19-20(2)24(6)31(23(19)5)29-15-11-27(12-16-29)9-10-28-13-17-30(18-14-28)32-25(7)21(3)22(4)26(32)8/h11-19,21H,9-10H2,1-8H3. The van der Waals surface area contributed by atoms with E-state index in [2.05, 4.69) is 104 Å². The second-order valence-corrected chi connectivity index (χ2v) is 10.1. The van der Waals surface area contributed by atoms with E-state index in [0.717, 1.165) is 12.8 Å². The van der Waals surface area contributed by atoms with Crippen molar-refractivity contribution < 1.29 is 0 Å². The summed E-state index contributed by atoms with van der Waals surface area (Å²) in [7, 11) is 0. The summed E-state index contributed by atoms with van der Waals surface area (Å²) in [5, 5.41) is 0. The van der Waals surface area contributed by atoms with Gasteiger partial charge in [-0.15, -0.1) is 0 Å². The molecular formula is C32H38. The summed E-state index contributed by atoms with van der Waals surface area (Å²) in [5.74, 6) is 1.14. The van der Waals surface area contributed by atoms with Gasteiger partial charge in [-0.1, -0.05) is 84.7 Å². The molecule has 2 aromatic rings. The fraction of sp³-hybridized carbons (Fsp3) is 0.375. The van der Waals surface area contributed by atoms with Crippen LogP contribution in [-0.2, 0) is 12.8 Å². The molecule has 0 amide bonds. The molecule has 0 nitrogen and oxygen atoms in total. The number of hydrogen-bond acceptors (Lipinski definition) is 0. The Bertz CT molecular complexity index is 1060. The zero-order valence-corrected chi connectivity index (χ0v) is 21.2. The Morgan fingerprint density at radius 2 is 0.781 bits per heavy atom. The minimum absolute atomic E-state index is 0.572. The molecule has 0 radical (unpaired) electrons. The molecule has 4 rings (SSSR count). The molecule has 2 aromatic carbocycles. The van der Waals surface area contributed by atoms with Gasteiger partial charge >= 0.3 is 0 Å². The third-order valence-corrected chi connectivity index (χ3v) is 8.51. The average Bonchev–Trinajstić information content (AvgIpc) is 3.11. The van der Waals surface area contributed by atoms with E-state index in [1.54, 1.807) is 0 Å². The van der Waals surface area contributed by atoms with Crippen molar-refractivity contribution in [2.45, 2.75) is 68.2 Å². The Hall–Kier alpha value is -2.60. The fourth-order valence-corrected chi connectivity index (χ4v) is 5.57. The van der Waals surface area contributed by atoms with Gasteiger partial charge in [0.05, 0.1) is 0 Å². The average molecular weight is 423 g/mol. The highest BCUT2D eigenvalue weighted by molar-refractivity contribution is 5.86. The van der Waals surface area contributed by atoms with Gasteiger partial charge < -0.3 is 0 Å². The lowest BCUT2D eigenvalue weighted by atomic mass is 9.94. The lowest BCUT2D eigenvalue weighted by molar-refractivity contribution is 0.818. The molecule has 0 N–H and O–H groups in total. The lowest BCUT2D eigenvalue weighted by Crippen LogP contribution is -1.95. The highest BCUT2D eigenvalue weighted by Crippen LogP contribution is 2.43. The van der Waals surface area contributed by atoms with Crippen molar-refractivity contribution in [1.82, 2.24) is 0 Å². The molecule has 166 valence electrons. The summed E-state index contributed by atoms with van der Waals surface area (Å²) >= 11 is 0. The van der Waals surface area contributed by atoms with Gasteiger partial charge in [-0.25, -0.2) is 0 Å². The monoisotopic (exact) mass is 422 g/mol. The summed E-state index contributed by atoms with van der Waals surface area (Å²) in [4.78, 5) is 0. The summed E-state index contributed by atoms with van der Waals surface area (Å²) in [6, 6.07) is 18.6. The molecule has 2 atom stereocenters. The topological polar surface area (TPSA) is 0 Å². The van der Waals surface area contributed by atoms with Gasteiger partial charge in [0.25, 0.3) is 0 Å². The van der Waals surface area contributed by atoms with Gasteiger partial charge in [-0.05, 0) is 111 Å². The van der Waals surface area contributed by atoms with Crippen LogP contribution in [0.15, 0.2) is 82.0 Å². The molecule has 0 saturated carbocycles. The zero-order chi connectivity index (χ0) is 23.2. The van der Waals surface area contributed by atoms with Crippen molar-refractivity contribution in [3.05, 3.63) is 104 Å². The predicted molar refractivity (Wildman–Crippen MR) is 141 cm³/mol. The van der Waals surface area contributed by atoms with Crippen LogP contribution < -0.4 is 0 Å². The van der Waals surface area contributed by atoms with Crippen molar-refractivity contribution in [2.75, 3.05) is 0 Å². The van der Waals surface area contributed by atoms with Gasteiger partial charge in [0, 0.05) is 0 Å². The van der Waals surface area contributed by atoms with E-state index in [4.69, 9.17) is 0 Å². The number of hydrogen-bond donors (Lipinski definition) is 0. The first-order chi connectivity index (χ1) is 15.2. The third-order valence-electron chi connectivity index (χ3n) is 8.51. The maximum absolute atomic E-state index is 2.32. The van der Waals surface area contributed by atoms with Crippen molar-refractivity contribution in [3.8, 4) is 0 Å². The Morgan fingerprint density at radius 1 is 0.469 bits per heavy atom. The summed E-state index contributed by atoms with van der Waals surface area (Å²) in [6.45, 7) is 18.3. The smallest absolute Gasteiger partial charge is 0.00117 e. The minimum atomic E-state index is 0.572. The highest BCUT2D eigenvalue weighted by atomic mass is 14.3. The van der Waals surface area contributed by atoms with Crippen LogP contribution in [0, 0.1) is 11.8 Å². The second kappa shape index (κ2) is 8.74. The van der Waals surface area contributed by atoms with Crippen molar-refractivity contribution in [1.29, 1.82) is 0 Å². The van der Waals surface area contributed by atoms with E-state index in [1.165, 1.54) is 66.8 Å². The predicted octanol–water partition coefficient (Wildman–Crippen LogP) is 8.99. The van der Waals surface area contributed by atoms with Crippen molar-refractivity contribution >= 4 is 11.1 Å². The van der Waals surface area contributed by atoms with Crippen LogP contribution in [0.1, 0.15) is 77.6 Å². The Balaban J connectivity index is 1.44. The van der Waals surface area contributed by atoms with Crippen LogP contribution in [0.5, 0.6) is 0 Å². The molecular weight excluding hydrogens is 384 g/mol. The molecule has 0 heteroatoms. The van der Waals surface area contributed by atoms with E-state index in [-0.39, 0.29) is 0 Å². The molecule has 0 spiro atoms. The fourth-order valence-electron chi connectivity index (χ4n) is 5.57. The van der Waals surface area contributed by atoms with Crippen molar-refractivity contribution in [2.24, 2.45) is 11.8 Å². The van der Waals surface area contributed by atoms with Crippen LogP contribution >= 0.6 is 0 Å². The molecule has 0 fully saturated rings. The van der Waals surface area contributed by atoms with E-state index < -0.39 is 0 Å². The SMILES string of the molecule is CC1=C(C)C(C)C(C)=C1c1ccc(CCc2ccc(C3=C(C)C(C)C(C)=C3C)cc2)cc1. The normalized spacial score (nSPS) is 21.5. The first-order valence-electron chi connectivity index (χ1n) is 12.2. The second-order valence-electron chi connectivity index (χ2n) is 10.1. The zero-order valence-electron chi connectivity index (χ0n) is 21.2. The molecule has 2 aliphatic carbocycles. The van der Waals surface area contributed by atoms with Gasteiger partial charge in [0.1, 0.15) is 0 Å². The van der Waals surface area contributed by atoms with Crippen LogP contribution in [0.3, 0.4) is 0 Å². The largest absolute Gasteiger partial charge is 0.0629 e. The molecule has 0 bridgehead atoms. The van der Waals surface area contributed by atoms with E-state index in [1.807, 2.05) is 0 Å². The summed E-state index contributed by atoms with van der Waals surface area (Å²) in [5.41, 5.74) is 17.5. The number of rotatable bonds is 5. The minimum Gasteiger partial charge on any atom is -0.0629 e. The molecule has 0 aromatic heterocycles. The van der Waals surface area contributed by atoms with Gasteiger partial charge in [-0.3, -0.25) is 0 Å². The van der Waals surface area contributed by atoms with Crippen molar-refractivity contribution in [3.63, 3.8) is 0 Å². The number of aryl methyl sites for hydroxylation is 2. The van der Waals surface area contributed by atoms with Gasteiger partial charge in [0.2, 0.25) is 0 Å². The van der Waals surface area contributed by atoms with E-state index in [0.29, 0.717) is 11.8 Å². The third kappa shape index (κ3) is 3.85. The number of benzene rings is 2. The Labute approximate surface area is 195 Å². The molecule has 0 heterocycles. The summed E-state index contributed by atoms with van der Waals surface area (Å²) < 4.78 is 0. The number of allylic oxidation sites excluding steroid dienone is 8. The van der Waals surface area contributed by atoms with Gasteiger partial charge in [-0.2, -0.15) is 0 Å². The van der Waals surface area contributed by atoms with E-state index >= 15 is 0 Å². The van der Waals surface area contributed by atoms with Crippen LogP contribution in [-0.4, -0.2) is 0 Å². The highest BCUT2D eigenvalue weighted by Gasteiger charge is 2.24. The van der Waals surface area contributed by atoms with E-state index in [9.17, 15) is 0 Å². The molecule has 2 aliphatic rings. The first-order valence-corrected chi connectivity index (χ1v) is 12.2. The first kappa shape index (κ1) is 22.6. The molecule has 0 saturated heterocycles. The molecule has 32 heavy (non-hydrogen) atoms. The Morgan fingerprint density at radius 3 is 1.03 bits per heavy atom. The van der Waals surface area contributed by atoms with Gasteiger partial charge in [0.15, 0.2) is 0 Å². The maximum Gasteiger partial charge on any atom is -0.00117 e. The molecule has 0 aliphatic heterocycles. The Kier molecular flexibility index (Phi) is 6.17. The lowest BCUT2D eigenvalue weighted by Gasteiger charge is -2.11.